The van der Waals surface area contributed by atoms with Crippen LogP contribution in [0.5, 0.6) is 0 Å². The van der Waals surface area contributed by atoms with Gasteiger partial charge in [-0.25, -0.2) is 4.39 Å². The Balaban J connectivity index is 1.61. The van der Waals surface area contributed by atoms with Crippen LogP contribution in [0.25, 0.3) is 0 Å². The summed E-state index contributed by atoms with van der Waals surface area (Å²) < 4.78 is 13.8. The van der Waals surface area contributed by atoms with Gasteiger partial charge in [0.05, 0.1) is 17.1 Å². The van der Waals surface area contributed by atoms with Crippen LogP contribution in [-0.2, 0) is 4.79 Å². The average molecular weight is 339 g/mol. The molecule has 25 heavy (non-hydrogen) atoms. The fraction of sp³-hybridized carbons (Fsp3) is 0.263. The first-order chi connectivity index (χ1) is 12.0. The predicted molar refractivity (Wildman–Crippen MR) is 94.5 cm³/mol. The zero-order chi connectivity index (χ0) is 17.6. The quantitative estimate of drug-likeness (QED) is 0.882. The lowest BCUT2D eigenvalue weighted by atomic mass is 10.1. The number of carbonyl (C=O) groups is 2. The number of anilines is 3. The number of carbonyl (C=O) groups excluding carboxylic acids is 2. The average Bonchev–Trinajstić information content (AvgIpc) is 3.08. The van der Waals surface area contributed by atoms with Crippen LogP contribution in [0.2, 0.25) is 0 Å². The van der Waals surface area contributed by atoms with Gasteiger partial charge in [-0.2, -0.15) is 0 Å². The van der Waals surface area contributed by atoms with Gasteiger partial charge >= 0.3 is 0 Å². The molecule has 1 atom stereocenters. The fourth-order valence-corrected chi connectivity index (χ4v) is 3.50. The van der Waals surface area contributed by atoms with Crippen molar-refractivity contribution in [2.45, 2.75) is 25.8 Å². The van der Waals surface area contributed by atoms with E-state index < -0.39 is 11.7 Å². The Bertz CT molecular complexity index is 881. The maximum Gasteiger partial charge on any atom is 0.255 e. The van der Waals surface area contributed by atoms with E-state index in [2.05, 4.69) is 15.5 Å². The third-order valence-electron chi connectivity index (χ3n) is 4.75. The Morgan fingerprint density at radius 3 is 2.96 bits per heavy atom. The maximum absolute atomic E-state index is 13.8. The van der Waals surface area contributed by atoms with Crippen LogP contribution in [0.3, 0.4) is 0 Å². The van der Waals surface area contributed by atoms with Crippen LogP contribution in [-0.4, -0.2) is 24.4 Å². The molecule has 2 aliphatic heterocycles. The van der Waals surface area contributed by atoms with Crippen LogP contribution in [0.4, 0.5) is 21.5 Å². The number of nitrogens with zero attached hydrogens (tertiary/aromatic N) is 1. The second kappa shape index (κ2) is 5.88. The summed E-state index contributed by atoms with van der Waals surface area (Å²) in [5.41, 5.74) is 2.93. The van der Waals surface area contributed by atoms with Crippen molar-refractivity contribution in [3.8, 4) is 0 Å². The highest BCUT2D eigenvalue weighted by Crippen LogP contribution is 2.37. The van der Waals surface area contributed by atoms with Gasteiger partial charge in [0.25, 0.3) is 5.91 Å². The van der Waals surface area contributed by atoms with Crippen molar-refractivity contribution in [1.29, 1.82) is 0 Å². The molecule has 0 spiro atoms. The Kier molecular flexibility index (Phi) is 3.67. The lowest BCUT2D eigenvalue weighted by Gasteiger charge is -2.33. The van der Waals surface area contributed by atoms with Crippen molar-refractivity contribution in [2.75, 3.05) is 22.1 Å². The van der Waals surface area contributed by atoms with E-state index in [1.807, 2.05) is 13.0 Å². The van der Waals surface area contributed by atoms with Gasteiger partial charge in [0.15, 0.2) is 0 Å². The van der Waals surface area contributed by atoms with Crippen LogP contribution < -0.4 is 15.5 Å². The summed E-state index contributed by atoms with van der Waals surface area (Å²) in [5.74, 6) is -0.928. The molecule has 0 radical (unpaired) electrons. The normalized spacial score (nSPS) is 18.4. The predicted octanol–water partition coefficient (Wildman–Crippen LogP) is 3.31. The number of benzene rings is 2. The summed E-state index contributed by atoms with van der Waals surface area (Å²) >= 11 is 0. The molecule has 2 amide bonds. The summed E-state index contributed by atoms with van der Waals surface area (Å²) in [6, 6.07) is 9.63. The SMILES string of the molecule is Cc1ccc(F)c(NC(=O)c2ccc3c(c2)NC(=O)[C@@H]2CCCN32)c1. The van der Waals surface area contributed by atoms with Crippen molar-refractivity contribution in [2.24, 2.45) is 0 Å². The Hall–Kier alpha value is -2.89. The molecular formula is C19H18FN3O2. The minimum absolute atomic E-state index is 0.0349. The van der Waals surface area contributed by atoms with Crippen LogP contribution in [0.15, 0.2) is 36.4 Å². The zero-order valence-electron chi connectivity index (χ0n) is 13.8. The fourth-order valence-electron chi connectivity index (χ4n) is 3.50. The monoisotopic (exact) mass is 339 g/mol. The molecular weight excluding hydrogens is 321 g/mol. The van der Waals surface area contributed by atoms with E-state index in [-0.39, 0.29) is 17.6 Å². The molecule has 1 fully saturated rings. The van der Waals surface area contributed by atoms with Gasteiger partial charge in [0.1, 0.15) is 11.9 Å². The minimum Gasteiger partial charge on any atom is -0.358 e. The molecule has 6 heteroatoms. The third kappa shape index (κ3) is 2.73. The van der Waals surface area contributed by atoms with Gasteiger partial charge < -0.3 is 15.5 Å². The van der Waals surface area contributed by atoms with Gasteiger partial charge in [-0.05, 0) is 55.7 Å². The summed E-state index contributed by atoms with van der Waals surface area (Å²) in [6.07, 6.45) is 1.83. The van der Waals surface area contributed by atoms with Crippen molar-refractivity contribution >= 4 is 28.9 Å². The molecule has 5 nitrogen and oxygen atoms in total. The van der Waals surface area contributed by atoms with Gasteiger partial charge in [0.2, 0.25) is 5.91 Å². The van der Waals surface area contributed by atoms with E-state index in [1.165, 1.54) is 6.07 Å². The first-order valence-electron chi connectivity index (χ1n) is 8.32. The molecule has 0 aliphatic carbocycles. The van der Waals surface area contributed by atoms with E-state index in [1.54, 1.807) is 24.3 Å². The topological polar surface area (TPSA) is 61.4 Å². The highest BCUT2D eigenvalue weighted by atomic mass is 19.1. The molecule has 128 valence electrons. The third-order valence-corrected chi connectivity index (χ3v) is 4.75. The summed E-state index contributed by atoms with van der Waals surface area (Å²) in [5, 5.41) is 5.47. The molecule has 2 N–H and O–H groups in total. The summed E-state index contributed by atoms with van der Waals surface area (Å²) in [6.45, 7) is 2.67. The Labute approximate surface area is 144 Å². The first kappa shape index (κ1) is 15.6. The number of fused-ring (bicyclic) bond motifs is 3. The van der Waals surface area contributed by atoms with Crippen molar-refractivity contribution in [3.05, 3.63) is 53.3 Å². The van der Waals surface area contributed by atoms with E-state index in [9.17, 15) is 14.0 Å². The second-order valence-corrected chi connectivity index (χ2v) is 6.51. The number of aryl methyl sites for hydroxylation is 1. The van der Waals surface area contributed by atoms with Crippen molar-refractivity contribution in [1.82, 2.24) is 0 Å². The number of nitrogens with one attached hydrogen (secondary N) is 2. The number of hydrogen-bond donors (Lipinski definition) is 2. The van der Waals surface area contributed by atoms with E-state index in [0.717, 1.165) is 30.6 Å². The Morgan fingerprint density at radius 2 is 2.12 bits per heavy atom. The van der Waals surface area contributed by atoms with E-state index in [4.69, 9.17) is 0 Å². The van der Waals surface area contributed by atoms with Crippen LogP contribution in [0, 0.1) is 12.7 Å². The summed E-state index contributed by atoms with van der Waals surface area (Å²) in [7, 11) is 0. The molecule has 2 aliphatic rings. The maximum atomic E-state index is 13.8. The molecule has 2 aromatic rings. The highest BCUT2D eigenvalue weighted by molar-refractivity contribution is 6.09. The molecule has 4 rings (SSSR count). The molecule has 1 saturated heterocycles. The van der Waals surface area contributed by atoms with Gasteiger partial charge in [-0.1, -0.05) is 6.07 Å². The van der Waals surface area contributed by atoms with E-state index >= 15 is 0 Å². The second-order valence-electron chi connectivity index (χ2n) is 6.51. The molecule has 2 heterocycles. The molecule has 0 aromatic heterocycles. The number of halogens is 1. The number of hydrogen-bond acceptors (Lipinski definition) is 3. The van der Waals surface area contributed by atoms with Gasteiger partial charge in [-0.15, -0.1) is 0 Å². The van der Waals surface area contributed by atoms with Gasteiger partial charge in [-0.3, -0.25) is 9.59 Å². The van der Waals surface area contributed by atoms with Crippen LogP contribution >= 0.6 is 0 Å². The minimum atomic E-state index is -0.481. The first-order valence-corrected chi connectivity index (χ1v) is 8.32. The van der Waals surface area contributed by atoms with Crippen molar-refractivity contribution < 1.29 is 14.0 Å². The number of amides is 2. The molecule has 0 bridgehead atoms. The summed E-state index contributed by atoms with van der Waals surface area (Å²) in [4.78, 5) is 26.7. The lowest BCUT2D eigenvalue weighted by Crippen LogP contribution is -2.43. The standard InChI is InChI=1S/C19H18FN3O2/c1-11-4-6-13(20)14(9-11)21-18(24)12-5-7-16-15(10-12)22-19(25)17-3-2-8-23(16)17/h4-7,9-10,17H,2-3,8H2,1H3,(H,21,24)(H,22,25)/t17-/m0/s1. The van der Waals surface area contributed by atoms with E-state index in [0.29, 0.717) is 11.3 Å². The highest BCUT2D eigenvalue weighted by Gasteiger charge is 2.36. The molecule has 0 saturated carbocycles. The molecule has 2 aromatic carbocycles. The smallest absolute Gasteiger partial charge is 0.255 e. The van der Waals surface area contributed by atoms with Crippen molar-refractivity contribution in [3.63, 3.8) is 0 Å². The van der Waals surface area contributed by atoms with Gasteiger partial charge in [0, 0.05) is 12.1 Å². The van der Waals surface area contributed by atoms with Crippen LogP contribution in [0.1, 0.15) is 28.8 Å². The zero-order valence-corrected chi connectivity index (χ0v) is 13.8. The number of rotatable bonds is 2. The molecule has 0 unspecified atom stereocenters. The lowest BCUT2D eigenvalue weighted by molar-refractivity contribution is -0.117. The Morgan fingerprint density at radius 1 is 1.28 bits per heavy atom. The largest absolute Gasteiger partial charge is 0.358 e.